The summed E-state index contributed by atoms with van der Waals surface area (Å²) in [6.45, 7) is 6.39. The number of carbonyl (C=O) groups is 2. The third-order valence-corrected chi connectivity index (χ3v) is 3.95. The zero-order chi connectivity index (χ0) is 18.2. The van der Waals surface area contributed by atoms with Gasteiger partial charge in [-0.25, -0.2) is 4.79 Å². The van der Waals surface area contributed by atoms with Gasteiger partial charge < -0.3 is 21.3 Å². The number of hydrogen-bond donors (Lipinski definition) is 4. The number of carboxylic acid groups (broad SMARTS) is 1. The molecule has 0 aliphatic heterocycles. The van der Waals surface area contributed by atoms with E-state index in [1.807, 2.05) is 0 Å². The monoisotopic (exact) mass is 342 g/mol. The van der Waals surface area contributed by atoms with E-state index in [1.165, 1.54) is 0 Å². The van der Waals surface area contributed by atoms with Gasteiger partial charge >= 0.3 is 5.97 Å². The highest BCUT2D eigenvalue weighted by Crippen LogP contribution is 2.18. The first-order valence-corrected chi connectivity index (χ1v) is 8.07. The van der Waals surface area contributed by atoms with Crippen molar-refractivity contribution in [2.75, 3.05) is 0 Å². The van der Waals surface area contributed by atoms with Gasteiger partial charge in [0.2, 0.25) is 0 Å². The van der Waals surface area contributed by atoms with Crippen LogP contribution in [-0.4, -0.2) is 47.0 Å². The van der Waals surface area contributed by atoms with Gasteiger partial charge in [0.1, 0.15) is 5.60 Å². The van der Waals surface area contributed by atoms with Crippen molar-refractivity contribution in [3.05, 3.63) is 0 Å². The van der Waals surface area contributed by atoms with Crippen molar-refractivity contribution in [3.63, 3.8) is 0 Å². The first-order chi connectivity index (χ1) is 9.71. The van der Waals surface area contributed by atoms with Crippen molar-refractivity contribution in [2.24, 2.45) is 11.5 Å². The minimum atomic E-state index is -4.16. The molecule has 0 radical (unpaired) electrons. The van der Waals surface area contributed by atoms with Crippen LogP contribution in [0.5, 0.6) is 0 Å². The lowest BCUT2D eigenvalue weighted by molar-refractivity contribution is -0.161. The van der Waals surface area contributed by atoms with Crippen LogP contribution in [0.2, 0.25) is 0 Å². The minimum absolute atomic E-state index is 0.0123. The van der Waals surface area contributed by atoms with Crippen LogP contribution < -0.4 is 11.5 Å². The summed E-state index contributed by atoms with van der Waals surface area (Å²) in [5, 5.41) is 5.90. The molecule has 0 aromatic rings. The summed E-state index contributed by atoms with van der Waals surface area (Å²) < 4.78 is 36.1. The smallest absolute Gasteiger partial charge is 0.341 e. The fourth-order valence-electron chi connectivity index (χ4n) is 1.44. The van der Waals surface area contributed by atoms with Crippen LogP contribution >= 0.6 is 0 Å². The third-order valence-electron chi connectivity index (χ3n) is 2.54. The van der Waals surface area contributed by atoms with E-state index in [4.69, 9.17) is 30.7 Å². The molecule has 0 aromatic heterocycles. The van der Waals surface area contributed by atoms with Gasteiger partial charge in [-0.1, -0.05) is 6.92 Å². The van der Waals surface area contributed by atoms with Crippen LogP contribution in [0.3, 0.4) is 0 Å². The van der Waals surface area contributed by atoms with Gasteiger partial charge in [-0.3, -0.25) is 9.35 Å². The molecule has 0 aliphatic rings. The summed E-state index contributed by atoms with van der Waals surface area (Å²) in [6, 6.07) is 0. The van der Waals surface area contributed by atoms with Crippen molar-refractivity contribution < 1.29 is 32.4 Å². The van der Waals surface area contributed by atoms with Crippen LogP contribution in [0, 0.1) is 0 Å². The number of ether oxygens (including phenoxy) is 1. The van der Waals surface area contributed by atoms with Crippen molar-refractivity contribution in [1.82, 2.24) is 0 Å². The zero-order valence-electron chi connectivity index (χ0n) is 13.3. The molecule has 0 aromatic carbocycles. The van der Waals surface area contributed by atoms with Crippen LogP contribution in [0.25, 0.3) is 0 Å². The van der Waals surface area contributed by atoms with Crippen LogP contribution in [0.4, 0.5) is 0 Å². The van der Waals surface area contributed by atoms with Crippen LogP contribution in [0.1, 0.15) is 47.0 Å². The molecule has 0 saturated carbocycles. The molecular formula is C12H26N2O7S. The van der Waals surface area contributed by atoms with Crippen molar-refractivity contribution in [1.29, 1.82) is 0 Å². The topological polar surface area (TPSA) is 170 Å². The number of hydrogen-bond acceptors (Lipinski definition) is 7. The van der Waals surface area contributed by atoms with Gasteiger partial charge in [-0.15, -0.1) is 0 Å². The Morgan fingerprint density at radius 2 is 1.73 bits per heavy atom. The van der Waals surface area contributed by atoms with Gasteiger partial charge in [0.25, 0.3) is 16.6 Å². The Hall–Kier alpha value is -1.23. The Kier molecular flexibility index (Phi) is 9.46. The quantitative estimate of drug-likeness (QED) is 0.226. The fraction of sp³-hybridized carbons (Fsp3) is 0.833. The molecule has 0 saturated heterocycles. The van der Waals surface area contributed by atoms with Crippen molar-refractivity contribution in [2.45, 2.75) is 63.5 Å². The van der Waals surface area contributed by atoms with E-state index in [9.17, 15) is 13.2 Å². The second-order valence-electron chi connectivity index (χ2n) is 5.73. The average molecular weight is 342 g/mol. The second-order valence-corrected chi connectivity index (χ2v) is 7.43. The maximum atomic E-state index is 11.7. The highest BCUT2D eigenvalue weighted by molar-refractivity contribution is 7.86. The standard InChI is InChI=1S/C11H24N2O5S.CH2O2/c1-5-8(19(15,16)17)6-7-11(12,13)9(14)18-10(2,3)4;2-1-3/h8H,5-7,12-13H2,1-4H3,(H,15,16,17);1H,(H,2,3). The zero-order valence-corrected chi connectivity index (χ0v) is 14.1. The molecule has 6 N–H and O–H groups in total. The molecule has 0 bridgehead atoms. The van der Waals surface area contributed by atoms with Gasteiger partial charge in [0.15, 0.2) is 5.66 Å². The molecule has 132 valence electrons. The summed E-state index contributed by atoms with van der Waals surface area (Å²) in [6.07, 6.45) is 0.102. The van der Waals surface area contributed by atoms with Gasteiger partial charge in [0.05, 0.1) is 5.25 Å². The Labute approximate surface area is 130 Å². The van der Waals surface area contributed by atoms with E-state index in [-0.39, 0.29) is 25.7 Å². The Morgan fingerprint density at radius 3 is 2.00 bits per heavy atom. The fourth-order valence-corrected chi connectivity index (χ4v) is 2.28. The van der Waals surface area contributed by atoms with E-state index in [1.54, 1.807) is 27.7 Å². The summed E-state index contributed by atoms with van der Waals surface area (Å²) in [5.41, 5.74) is 8.78. The molecule has 0 heterocycles. The summed E-state index contributed by atoms with van der Waals surface area (Å²) in [5.74, 6) is -0.801. The molecule has 22 heavy (non-hydrogen) atoms. The summed E-state index contributed by atoms with van der Waals surface area (Å²) in [4.78, 5) is 20.1. The van der Waals surface area contributed by atoms with Crippen molar-refractivity contribution in [3.8, 4) is 0 Å². The van der Waals surface area contributed by atoms with E-state index in [0.29, 0.717) is 0 Å². The van der Waals surface area contributed by atoms with Crippen molar-refractivity contribution >= 4 is 22.6 Å². The van der Waals surface area contributed by atoms with Gasteiger partial charge in [-0.05, 0) is 40.0 Å². The number of nitrogens with two attached hydrogens (primary N) is 2. The number of rotatable bonds is 6. The van der Waals surface area contributed by atoms with Gasteiger partial charge in [-0.2, -0.15) is 8.42 Å². The predicted octanol–water partition coefficient (Wildman–Crippen LogP) is 0.0892. The Balaban J connectivity index is 0. The first-order valence-electron chi connectivity index (χ1n) is 6.56. The van der Waals surface area contributed by atoms with E-state index in [0.717, 1.165) is 0 Å². The normalized spacial score (nSPS) is 13.6. The Morgan fingerprint density at radius 1 is 1.32 bits per heavy atom. The molecule has 1 atom stereocenters. The molecule has 10 heteroatoms. The second kappa shape index (κ2) is 9.03. The van der Waals surface area contributed by atoms with E-state index < -0.39 is 32.6 Å². The lowest BCUT2D eigenvalue weighted by atomic mass is 10.0. The molecule has 1 unspecified atom stereocenters. The maximum Gasteiger partial charge on any atom is 0.341 e. The molecular weight excluding hydrogens is 316 g/mol. The molecule has 0 fully saturated rings. The molecule has 0 aliphatic carbocycles. The van der Waals surface area contributed by atoms with Crippen LogP contribution in [-0.2, 0) is 24.4 Å². The summed E-state index contributed by atoms with van der Waals surface area (Å²) >= 11 is 0. The summed E-state index contributed by atoms with van der Waals surface area (Å²) in [7, 11) is -4.16. The Bertz CT molecular complexity index is 455. The number of esters is 1. The maximum absolute atomic E-state index is 11.7. The molecule has 0 amide bonds. The molecule has 9 nitrogen and oxygen atoms in total. The number of carbonyl (C=O) groups excluding carboxylic acids is 1. The third kappa shape index (κ3) is 10.5. The minimum Gasteiger partial charge on any atom is -0.483 e. The highest BCUT2D eigenvalue weighted by Gasteiger charge is 2.35. The lowest BCUT2D eigenvalue weighted by Gasteiger charge is -2.28. The first kappa shape index (κ1) is 23.0. The van der Waals surface area contributed by atoms with Gasteiger partial charge in [0, 0.05) is 0 Å². The molecule has 0 rings (SSSR count). The lowest BCUT2D eigenvalue weighted by Crippen LogP contribution is -2.58. The van der Waals surface area contributed by atoms with E-state index in [2.05, 4.69) is 0 Å². The predicted molar refractivity (Wildman–Crippen MR) is 80.5 cm³/mol. The highest BCUT2D eigenvalue weighted by atomic mass is 32.2. The van der Waals surface area contributed by atoms with Crippen LogP contribution in [0.15, 0.2) is 0 Å². The van der Waals surface area contributed by atoms with E-state index >= 15 is 0 Å². The molecule has 0 spiro atoms. The SMILES string of the molecule is CCC(CCC(N)(N)C(=O)OC(C)(C)C)S(=O)(=O)O.O=CO. The average Bonchev–Trinajstić information content (AvgIpc) is 2.26. The largest absolute Gasteiger partial charge is 0.483 e.